The summed E-state index contributed by atoms with van der Waals surface area (Å²) in [6.45, 7) is 0. The van der Waals surface area contributed by atoms with Gasteiger partial charge in [-0.1, -0.05) is 35.0 Å². The second kappa shape index (κ2) is 5.07. The minimum absolute atomic E-state index is 0.317. The molecule has 0 bridgehead atoms. The number of nitrogens with zero attached hydrogens (tertiary/aromatic N) is 4. The number of hydrogen-bond donors (Lipinski definition) is 1. The molecular weight excluding hydrogens is 278 g/mol. The Bertz CT molecular complexity index is 736. The van der Waals surface area contributed by atoms with E-state index >= 15 is 0 Å². The van der Waals surface area contributed by atoms with E-state index in [2.05, 4.69) is 15.2 Å². The smallest absolute Gasteiger partial charge is 0.248 e. The van der Waals surface area contributed by atoms with Crippen LogP contribution >= 0.6 is 11.6 Å². The zero-order valence-corrected chi connectivity index (χ0v) is 11.4. The van der Waals surface area contributed by atoms with E-state index in [9.17, 15) is 0 Å². The van der Waals surface area contributed by atoms with Crippen LogP contribution < -0.4 is 5.73 Å². The Morgan fingerprint density at radius 2 is 2.15 bits per heavy atom. The average Bonchev–Trinajstić information content (AvgIpc) is 3.07. The predicted octanol–water partition coefficient (Wildman–Crippen LogP) is 2.17. The van der Waals surface area contributed by atoms with Gasteiger partial charge in [-0.2, -0.15) is 10.1 Å². The summed E-state index contributed by atoms with van der Waals surface area (Å²) in [4.78, 5) is 4.30. The molecule has 6 nitrogen and oxygen atoms in total. The summed E-state index contributed by atoms with van der Waals surface area (Å²) in [6, 6.07) is 6.75. The molecule has 0 saturated heterocycles. The third-order valence-electron chi connectivity index (χ3n) is 2.91. The average molecular weight is 290 g/mol. The lowest BCUT2D eigenvalue weighted by atomic mass is 10.1. The maximum absolute atomic E-state index is 6.11. The maximum Gasteiger partial charge on any atom is 0.248 e. The van der Waals surface area contributed by atoms with Crippen molar-refractivity contribution in [2.24, 2.45) is 12.8 Å². The molecule has 20 heavy (non-hydrogen) atoms. The van der Waals surface area contributed by atoms with Gasteiger partial charge in [-0.3, -0.25) is 4.68 Å². The van der Waals surface area contributed by atoms with Gasteiger partial charge in [0.05, 0.1) is 11.8 Å². The van der Waals surface area contributed by atoms with Crippen LogP contribution in [-0.2, 0) is 7.05 Å². The van der Waals surface area contributed by atoms with Gasteiger partial charge in [0.2, 0.25) is 11.7 Å². The van der Waals surface area contributed by atoms with E-state index in [0.29, 0.717) is 16.7 Å². The van der Waals surface area contributed by atoms with Crippen molar-refractivity contribution >= 4 is 11.6 Å². The van der Waals surface area contributed by atoms with Crippen LogP contribution in [0.25, 0.3) is 11.4 Å². The fraction of sp³-hybridized carbons (Fsp3) is 0.154. The molecule has 1 aromatic carbocycles. The number of nitrogens with two attached hydrogens (primary N) is 1. The highest BCUT2D eigenvalue weighted by Crippen LogP contribution is 2.26. The summed E-state index contributed by atoms with van der Waals surface area (Å²) < 4.78 is 6.88. The van der Waals surface area contributed by atoms with Crippen molar-refractivity contribution in [3.05, 3.63) is 53.1 Å². The quantitative estimate of drug-likeness (QED) is 0.799. The van der Waals surface area contributed by atoms with Crippen molar-refractivity contribution < 1.29 is 4.52 Å². The molecule has 0 radical (unpaired) electrons. The van der Waals surface area contributed by atoms with Crippen LogP contribution in [0, 0.1) is 0 Å². The standard InChI is InChI=1S/C13H12ClN5O/c1-19-7-8(6-16-19)12-17-13(20-18-12)11(15)9-4-2-3-5-10(9)14/h2-7,11H,15H2,1H3/t11-/m1/s1. The molecule has 1 atom stereocenters. The molecule has 0 aliphatic rings. The van der Waals surface area contributed by atoms with E-state index in [1.54, 1.807) is 23.1 Å². The third-order valence-corrected chi connectivity index (χ3v) is 3.26. The number of aryl methyl sites for hydroxylation is 1. The highest BCUT2D eigenvalue weighted by molar-refractivity contribution is 6.31. The monoisotopic (exact) mass is 289 g/mol. The van der Waals surface area contributed by atoms with Crippen molar-refractivity contribution in [2.45, 2.75) is 6.04 Å². The van der Waals surface area contributed by atoms with Crippen molar-refractivity contribution in [2.75, 3.05) is 0 Å². The molecule has 0 aliphatic carbocycles. The molecule has 0 saturated carbocycles. The van der Waals surface area contributed by atoms with Crippen LogP contribution in [0.2, 0.25) is 5.02 Å². The summed E-state index contributed by atoms with van der Waals surface area (Å²) in [6.07, 6.45) is 3.46. The van der Waals surface area contributed by atoms with Crippen molar-refractivity contribution in [3.8, 4) is 11.4 Å². The number of halogens is 1. The van der Waals surface area contributed by atoms with Crippen molar-refractivity contribution in [1.29, 1.82) is 0 Å². The van der Waals surface area contributed by atoms with Gasteiger partial charge >= 0.3 is 0 Å². The van der Waals surface area contributed by atoms with E-state index in [-0.39, 0.29) is 0 Å². The lowest BCUT2D eigenvalue weighted by molar-refractivity contribution is 0.367. The van der Waals surface area contributed by atoms with Crippen LogP contribution in [0.3, 0.4) is 0 Å². The van der Waals surface area contributed by atoms with Crippen LogP contribution in [0.5, 0.6) is 0 Å². The summed E-state index contributed by atoms with van der Waals surface area (Å²) in [5.41, 5.74) is 7.63. The van der Waals surface area contributed by atoms with Gasteiger partial charge in [-0.05, 0) is 11.6 Å². The summed E-state index contributed by atoms with van der Waals surface area (Å²) in [7, 11) is 1.82. The Hall–Kier alpha value is -2.18. The van der Waals surface area contributed by atoms with Gasteiger partial charge in [0.1, 0.15) is 6.04 Å². The summed E-state index contributed by atoms with van der Waals surface area (Å²) >= 11 is 6.11. The van der Waals surface area contributed by atoms with Crippen molar-refractivity contribution in [1.82, 2.24) is 19.9 Å². The molecule has 0 spiro atoms. The van der Waals surface area contributed by atoms with Crippen LogP contribution in [0.1, 0.15) is 17.5 Å². The molecule has 0 unspecified atom stereocenters. The Kier molecular flexibility index (Phi) is 3.25. The number of rotatable bonds is 3. The zero-order valence-electron chi connectivity index (χ0n) is 10.7. The van der Waals surface area contributed by atoms with E-state index in [4.69, 9.17) is 21.9 Å². The first-order chi connectivity index (χ1) is 9.65. The molecule has 2 aromatic heterocycles. The molecule has 2 N–H and O–H groups in total. The Morgan fingerprint density at radius 1 is 1.35 bits per heavy atom. The molecule has 0 fully saturated rings. The molecule has 0 aliphatic heterocycles. The van der Waals surface area contributed by atoms with Crippen molar-refractivity contribution in [3.63, 3.8) is 0 Å². The first-order valence-electron chi connectivity index (χ1n) is 5.98. The van der Waals surface area contributed by atoms with Gasteiger partial charge in [0.25, 0.3) is 0 Å². The third kappa shape index (κ3) is 2.31. The number of hydrogen-bond acceptors (Lipinski definition) is 5. The Balaban J connectivity index is 1.92. The highest BCUT2D eigenvalue weighted by atomic mass is 35.5. The number of benzene rings is 1. The fourth-order valence-corrected chi connectivity index (χ4v) is 2.13. The minimum atomic E-state index is -0.554. The molecular formula is C13H12ClN5O. The van der Waals surface area contributed by atoms with E-state index in [1.165, 1.54) is 0 Å². The van der Waals surface area contributed by atoms with E-state index < -0.39 is 6.04 Å². The second-order valence-electron chi connectivity index (χ2n) is 4.36. The molecule has 102 valence electrons. The van der Waals surface area contributed by atoms with Gasteiger partial charge < -0.3 is 10.3 Å². The topological polar surface area (TPSA) is 82.8 Å². The van der Waals surface area contributed by atoms with Crippen LogP contribution in [0.15, 0.2) is 41.2 Å². The lowest BCUT2D eigenvalue weighted by Crippen LogP contribution is -2.12. The summed E-state index contributed by atoms with van der Waals surface area (Å²) in [5, 5.41) is 8.55. The molecule has 0 amide bonds. The zero-order chi connectivity index (χ0) is 14.1. The van der Waals surface area contributed by atoms with Gasteiger partial charge in [-0.25, -0.2) is 0 Å². The summed E-state index contributed by atoms with van der Waals surface area (Å²) in [5.74, 6) is 0.771. The fourth-order valence-electron chi connectivity index (χ4n) is 1.88. The Labute approximate surface area is 120 Å². The highest BCUT2D eigenvalue weighted by Gasteiger charge is 2.19. The number of aromatic nitrogens is 4. The second-order valence-corrected chi connectivity index (χ2v) is 4.77. The molecule has 7 heteroatoms. The Morgan fingerprint density at radius 3 is 2.85 bits per heavy atom. The van der Waals surface area contributed by atoms with E-state index in [0.717, 1.165) is 11.1 Å². The maximum atomic E-state index is 6.11. The first kappa shape index (κ1) is 12.8. The molecule has 2 heterocycles. The largest absolute Gasteiger partial charge is 0.337 e. The molecule has 3 rings (SSSR count). The first-order valence-corrected chi connectivity index (χ1v) is 6.35. The normalized spacial score (nSPS) is 12.6. The lowest BCUT2D eigenvalue weighted by Gasteiger charge is -2.08. The predicted molar refractivity (Wildman–Crippen MR) is 74.0 cm³/mol. The van der Waals surface area contributed by atoms with Gasteiger partial charge in [0, 0.05) is 18.3 Å². The van der Waals surface area contributed by atoms with Gasteiger partial charge in [0.15, 0.2) is 0 Å². The van der Waals surface area contributed by atoms with Crippen LogP contribution in [-0.4, -0.2) is 19.9 Å². The van der Waals surface area contributed by atoms with Crippen LogP contribution in [0.4, 0.5) is 0 Å². The minimum Gasteiger partial charge on any atom is -0.337 e. The van der Waals surface area contributed by atoms with Gasteiger partial charge in [-0.15, -0.1) is 0 Å². The SMILES string of the molecule is Cn1cc(-c2noc([C@H](N)c3ccccc3Cl)n2)cn1. The molecule has 3 aromatic rings. The van der Waals surface area contributed by atoms with E-state index in [1.807, 2.05) is 25.2 Å².